The minimum absolute atomic E-state index is 0.0989. The van der Waals surface area contributed by atoms with Crippen molar-refractivity contribution in [3.63, 3.8) is 0 Å². The number of aliphatic hydroxyl groups is 2. The molecule has 3 rings (SSSR count). The fraction of sp³-hybridized carbons (Fsp3) is 0.200. The van der Waals surface area contributed by atoms with Gasteiger partial charge in [-0.1, -0.05) is 12.1 Å². The number of rotatable bonds is 6. The SMILES string of the molecule is COc1ccc(C2/C(=C(/O)c3ccc([N+](=O)[O-])cc3)C(=O)C(=O)N2CCO)cc1. The Hall–Kier alpha value is -3.72. The molecule has 9 heteroatoms. The molecule has 1 saturated heterocycles. The average Bonchev–Trinajstić information content (AvgIpc) is 2.98. The van der Waals surface area contributed by atoms with Crippen molar-refractivity contribution < 1.29 is 29.5 Å². The molecular formula is C20H18N2O7. The third kappa shape index (κ3) is 3.67. The van der Waals surface area contributed by atoms with Crippen molar-refractivity contribution in [2.45, 2.75) is 6.04 Å². The first-order valence-corrected chi connectivity index (χ1v) is 8.67. The van der Waals surface area contributed by atoms with Crippen LogP contribution in [0.1, 0.15) is 17.2 Å². The number of Topliss-reactive ketones (excluding diaryl/α,β-unsaturated/α-hetero) is 1. The molecule has 0 aliphatic carbocycles. The van der Waals surface area contributed by atoms with Gasteiger partial charge in [0.1, 0.15) is 11.5 Å². The summed E-state index contributed by atoms with van der Waals surface area (Å²) in [5.74, 6) is -1.61. The number of amides is 1. The Balaban J connectivity index is 2.13. The Bertz CT molecular complexity index is 981. The molecule has 2 aromatic carbocycles. The molecule has 9 nitrogen and oxygen atoms in total. The molecule has 0 spiro atoms. The first-order valence-electron chi connectivity index (χ1n) is 8.67. The van der Waals surface area contributed by atoms with Crippen LogP contribution in [0.3, 0.4) is 0 Å². The molecule has 2 N–H and O–H groups in total. The van der Waals surface area contributed by atoms with Crippen LogP contribution in [-0.4, -0.2) is 52.0 Å². The predicted molar refractivity (Wildman–Crippen MR) is 102 cm³/mol. The molecular weight excluding hydrogens is 380 g/mol. The summed E-state index contributed by atoms with van der Waals surface area (Å²) in [6, 6.07) is 10.7. The van der Waals surface area contributed by atoms with Gasteiger partial charge in [0.2, 0.25) is 0 Å². The number of aliphatic hydroxyl groups excluding tert-OH is 2. The quantitative estimate of drug-likeness (QED) is 0.250. The lowest BCUT2D eigenvalue weighted by Gasteiger charge is -2.24. The van der Waals surface area contributed by atoms with E-state index in [1.54, 1.807) is 24.3 Å². The number of nitro groups is 1. The van der Waals surface area contributed by atoms with Crippen molar-refractivity contribution in [3.05, 3.63) is 75.3 Å². The molecule has 1 heterocycles. The maximum Gasteiger partial charge on any atom is 0.295 e. The first kappa shape index (κ1) is 20.0. The molecule has 1 aliphatic heterocycles. The molecule has 150 valence electrons. The zero-order chi connectivity index (χ0) is 21.1. The standard InChI is InChI=1S/C20H18N2O7/c1-29-15-8-4-12(5-9-15)17-16(19(25)20(26)21(17)10-11-23)18(24)13-2-6-14(7-3-13)22(27)28/h2-9,17,23-24H,10-11H2,1H3/b18-16-. The smallest absolute Gasteiger partial charge is 0.295 e. The number of hydrogen-bond donors (Lipinski definition) is 2. The van der Waals surface area contributed by atoms with Gasteiger partial charge < -0.3 is 19.8 Å². The summed E-state index contributed by atoms with van der Waals surface area (Å²) >= 11 is 0. The van der Waals surface area contributed by atoms with Crippen molar-refractivity contribution in [3.8, 4) is 5.75 Å². The van der Waals surface area contributed by atoms with E-state index in [2.05, 4.69) is 0 Å². The molecule has 0 saturated carbocycles. The van der Waals surface area contributed by atoms with E-state index in [0.717, 1.165) is 0 Å². The van der Waals surface area contributed by atoms with Gasteiger partial charge in [-0.2, -0.15) is 0 Å². The molecule has 0 bridgehead atoms. The normalized spacial score (nSPS) is 18.1. The third-order valence-electron chi connectivity index (χ3n) is 4.66. The maximum absolute atomic E-state index is 12.7. The van der Waals surface area contributed by atoms with Crippen molar-refractivity contribution in [2.75, 3.05) is 20.3 Å². The minimum Gasteiger partial charge on any atom is -0.507 e. The van der Waals surface area contributed by atoms with Crippen molar-refractivity contribution in [2.24, 2.45) is 0 Å². The van der Waals surface area contributed by atoms with E-state index >= 15 is 0 Å². The van der Waals surface area contributed by atoms with Gasteiger partial charge in [-0.15, -0.1) is 0 Å². The highest BCUT2D eigenvalue weighted by molar-refractivity contribution is 6.46. The Morgan fingerprint density at radius 3 is 2.28 bits per heavy atom. The molecule has 1 fully saturated rings. The number of carbonyl (C=O) groups excluding carboxylic acids is 2. The zero-order valence-electron chi connectivity index (χ0n) is 15.4. The number of nitrogens with zero attached hydrogens (tertiary/aromatic N) is 2. The minimum atomic E-state index is -0.914. The average molecular weight is 398 g/mol. The van der Waals surface area contributed by atoms with Gasteiger partial charge in [-0.3, -0.25) is 19.7 Å². The van der Waals surface area contributed by atoms with Crippen LogP contribution in [-0.2, 0) is 9.59 Å². The van der Waals surface area contributed by atoms with Crippen LogP contribution in [0.25, 0.3) is 5.76 Å². The predicted octanol–water partition coefficient (Wildman–Crippen LogP) is 2.02. The van der Waals surface area contributed by atoms with E-state index in [1.165, 1.54) is 36.3 Å². The van der Waals surface area contributed by atoms with E-state index in [-0.39, 0.29) is 30.0 Å². The zero-order valence-corrected chi connectivity index (χ0v) is 15.4. The second-order valence-electron chi connectivity index (χ2n) is 6.29. The van der Waals surface area contributed by atoms with E-state index in [1.807, 2.05) is 0 Å². The second-order valence-corrected chi connectivity index (χ2v) is 6.29. The fourth-order valence-electron chi connectivity index (χ4n) is 3.25. The van der Waals surface area contributed by atoms with Crippen molar-refractivity contribution >= 4 is 23.1 Å². The van der Waals surface area contributed by atoms with Crippen LogP contribution in [0.5, 0.6) is 5.75 Å². The Morgan fingerprint density at radius 1 is 1.14 bits per heavy atom. The van der Waals surface area contributed by atoms with Gasteiger partial charge in [0.25, 0.3) is 17.4 Å². The van der Waals surface area contributed by atoms with E-state index in [4.69, 9.17) is 4.74 Å². The van der Waals surface area contributed by atoms with Gasteiger partial charge in [0, 0.05) is 24.2 Å². The van der Waals surface area contributed by atoms with Gasteiger partial charge in [-0.05, 0) is 29.8 Å². The topological polar surface area (TPSA) is 130 Å². The number of ketones is 1. The number of hydrogen-bond acceptors (Lipinski definition) is 7. The summed E-state index contributed by atoms with van der Waals surface area (Å²) in [6.45, 7) is -0.463. The highest BCUT2D eigenvalue weighted by atomic mass is 16.6. The number of carbonyl (C=O) groups is 2. The number of likely N-dealkylation sites (tertiary alicyclic amines) is 1. The van der Waals surface area contributed by atoms with Crippen LogP contribution in [0, 0.1) is 10.1 Å². The fourth-order valence-corrected chi connectivity index (χ4v) is 3.25. The van der Waals surface area contributed by atoms with Crippen LogP contribution in [0.2, 0.25) is 0 Å². The molecule has 1 aliphatic rings. The van der Waals surface area contributed by atoms with Crippen LogP contribution < -0.4 is 4.74 Å². The number of nitro benzene ring substituents is 1. The van der Waals surface area contributed by atoms with Crippen LogP contribution in [0.4, 0.5) is 5.69 Å². The summed E-state index contributed by atoms with van der Waals surface area (Å²) in [5.41, 5.74) is 0.384. The molecule has 0 radical (unpaired) electrons. The number of benzene rings is 2. The summed E-state index contributed by atoms with van der Waals surface area (Å²) in [7, 11) is 1.50. The van der Waals surface area contributed by atoms with Gasteiger partial charge in [0.15, 0.2) is 0 Å². The second kappa shape index (κ2) is 8.11. The largest absolute Gasteiger partial charge is 0.507 e. The number of methoxy groups -OCH3 is 1. The lowest BCUT2D eigenvalue weighted by atomic mass is 9.95. The summed E-state index contributed by atoms with van der Waals surface area (Å²) in [6.07, 6.45) is 0. The molecule has 29 heavy (non-hydrogen) atoms. The van der Waals surface area contributed by atoms with Crippen molar-refractivity contribution in [1.29, 1.82) is 0 Å². The van der Waals surface area contributed by atoms with E-state index in [0.29, 0.717) is 11.3 Å². The third-order valence-corrected chi connectivity index (χ3v) is 4.66. The molecule has 0 aromatic heterocycles. The van der Waals surface area contributed by atoms with Crippen LogP contribution >= 0.6 is 0 Å². The maximum atomic E-state index is 12.7. The van der Waals surface area contributed by atoms with Gasteiger partial charge >= 0.3 is 0 Å². The lowest BCUT2D eigenvalue weighted by Crippen LogP contribution is -2.32. The molecule has 1 atom stereocenters. The van der Waals surface area contributed by atoms with Crippen molar-refractivity contribution in [1.82, 2.24) is 4.90 Å². The van der Waals surface area contributed by atoms with E-state index < -0.39 is 28.4 Å². The summed E-state index contributed by atoms with van der Waals surface area (Å²) < 4.78 is 5.12. The van der Waals surface area contributed by atoms with E-state index in [9.17, 15) is 29.9 Å². The first-order chi connectivity index (χ1) is 13.9. The van der Waals surface area contributed by atoms with Crippen LogP contribution in [0.15, 0.2) is 54.1 Å². The monoisotopic (exact) mass is 398 g/mol. The highest BCUT2D eigenvalue weighted by Crippen LogP contribution is 2.39. The lowest BCUT2D eigenvalue weighted by molar-refractivity contribution is -0.384. The summed E-state index contributed by atoms with van der Waals surface area (Å²) in [4.78, 5) is 36.6. The number of ether oxygens (including phenoxy) is 1. The highest BCUT2D eigenvalue weighted by Gasteiger charge is 2.45. The Morgan fingerprint density at radius 2 is 1.76 bits per heavy atom. The summed E-state index contributed by atoms with van der Waals surface area (Å²) in [5, 5.41) is 30.9. The number of β-amino-alcohol motifs (C(OH)–C–C–N with tert-alkyl or cyclic N) is 1. The Labute approximate surface area is 165 Å². The Kier molecular flexibility index (Phi) is 5.60. The van der Waals surface area contributed by atoms with Gasteiger partial charge in [-0.25, -0.2) is 0 Å². The molecule has 1 amide bonds. The molecule has 1 unspecified atom stereocenters. The number of non-ortho nitro benzene ring substituents is 1. The van der Waals surface area contributed by atoms with Gasteiger partial charge in [0.05, 0.1) is 30.3 Å². The molecule has 2 aromatic rings.